The lowest BCUT2D eigenvalue weighted by Gasteiger charge is -2.22. The van der Waals surface area contributed by atoms with E-state index in [2.05, 4.69) is 18.8 Å². The maximum absolute atomic E-state index is 6.13. The molecule has 3 nitrogen and oxygen atoms in total. The van der Waals surface area contributed by atoms with Gasteiger partial charge in [-0.3, -0.25) is 4.98 Å². The van der Waals surface area contributed by atoms with E-state index in [-0.39, 0.29) is 12.1 Å². The molecule has 0 aliphatic rings. The Kier molecular flexibility index (Phi) is 7.62. The van der Waals surface area contributed by atoms with Crippen LogP contribution in [0.25, 0.3) is 0 Å². The van der Waals surface area contributed by atoms with Gasteiger partial charge in [0.05, 0.1) is 5.69 Å². The van der Waals surface area contributed by atoms with Crippen LogP contribution in [-0.4, -0.2) is 17.6 Å². The van der Waals surface area contributed by atoms with Crippen LogP contribution in [0.4, 0.5) is 0 Å². The summed E-state index contributed by atoms with van der Waals surface area (Å²) in [5, 5.41) is 0. The van der Waals surface area contributed by atoms with E-state index >= 15 is 0 Å². The van der Waals surface area contributed by atoms with Crippen molar-refractivity contribution in [2.45, 2.75) is 58.1 Å². The van der Waals surface area contributed by atoms with Crippen LogP contribution in [0.5, 0.6) is 0 Å². The molecule has 0 fully saturated rings. The Morgan fingerprint density at radius 1 is 1.22 bits per heavy atom. The van der Waals surface area contributed by atoms with Crippen molar-refractivity contribution in [1.29, 1.82) is 0 Å². The van der Waals surface area contributed by atoms with Gasteiger partial charge in [0, 0.05) is 18.8 Å². The van der Waals surface area contributed by atoms with Gasteiger partial charge in [-0.25, -0.2) is 0 Å². The molecule has 0 spiro atoms. The van der Waals surface area contributed by atoms with Crippen molar-refractivity contribution in [3.05, 3.63) is 30.1 Å². The Bertz CT molecular complexity index is 303. The zero-order valence-corrected chi connectivity index (χ0v) is 11.6. The molecular formula is C15H26N2O. The number of hydrogen-bond acceptors (Lipinski definition) is 3. The molecular weight excluding hydrogens is 224 g/mol. The summed E-state index contributed by atoms with van der Waals surface area (Å²) in [5.74, 6) is 0. The third-order valence-corrected chi connectivity index (χ3v) is 3.13. The molecule has 1 heterocycles. The Balaban J connectivity index is 2.47. The molecule has 0 aliphatic heterocycles. The lowest BCUT2D eigenvalue weighted by molar-refractivity contribution is 0.0283. The van der Waals surface area contributed by atoms with Gasteiger partial charge in [-0.1, -0.05) is 39.2 Å². The van der Waals surface area contributed by atoms with Crippen molar-refractivity contribution in [2.75, 3.05) is 6.61 Å². The predicted octanol–water partition coefficient (Wildman–Crippen LogP) is 3.46. The minimum absolute atomic E-state index is 0.0195. The van der Waals surface area contributed by atoms with Crippen molar-refractivity contribution < 1.29 is 4.74 Å². The molecule has 18 heavy (non-hydrogen) atoms. The molecule has 2 unspecified atom stereocenters. The second-order valence-electron chi connectivity index (χ2n) is 4.68. The number of hydrogen-bond donors (Lipinski definition) is 1. The summed E-state index contributed by atoms with van der Waals surface area (Å²) in [6.07, 6.45) is 7.48. The van der Waals surface area contributed by atoms with Crippen LogP contribution in [0.3, 0.4) is 0 Å². The summed E-state index contributed by atoms with van der Waals surface area (Å²) < 4.78 is 5.94. The van der Waals surface area contributed by atoms with E-state index < -0.39 is 0 Å². The van der Waals surface area contributed by atoms with Gasteiger partial charge < -0.3 is 10.5 Å². The molecule has 0 saturated heterocycles. The fourth-order valence-electron chi connectivity index (χ4n) is 1.93. The largest absolute Gasteiger partial charge is 0.370 e. The zero-order chi connectivity index (χ0) is 13.2. The van der Waals surface area contributed by atoms with Crippen molar-refractivity contribution in [3.63, 3.8) is 0 Å². The molecule has 0 radical (unpaired) electrons. The fourth-order valence-corrected chi connectivity index (χ4v) is 1.93. The van der Waals surface area contributed by atoms with Crippen LogP contribution >= 0.6 is 0 Å². The molecule has 102 valence electrons. The van der Waals surface area contributed by atoms with Crippen LogP contribution < -0.4 is 5.73 Å². The first-order chi connectivity index (χ1) is 8.79. The van der Waals surface area contributed by atoms with Gasteiger partial charge in [0.25, 0.3) is 0 Å². The van der Waals surface area contributed by atoms with Gasteiger partial charge in [-0.15, -0.1) is 0 Å². The summed E-state index contributed by atoms with van der Waals surface area (Å²) in [7, 11) is 0. The van der Waals surface area contributed by atoms with E-state index in [1.165, 1.54) is 19.3 Å². The van der Waals surface area contributed by atoms with E-state index in [0.29, 0.717) is 0 Å². The minimum Gasteiger partial charge on any atom is -0.370 e. The molecule has 1 aromatic heterocycles. The number of nitrogens with two attached hydrogens (primary N) is 1. The molecule has 1 aromatic rings. The lowest BCUT2D eigenvalue weighted by Crippen LogP contribution is -2.30. The Hall–Kier alpha value is -0.930. The molecule has 2 N–H and O–H groups in total. The number of nitrogens with zero attached hydrogens (tertiary/aromatic N) is 1. The zero-order valence-electron chi connectivity index (χ0n) is 11.6. The second-order valence-corrected chi connectivity index (χ2v) is 4.68. The van der Waals surface area contributed by atoms with Gasteiger partial charge in [-0.05, 0) is 25.0 Å². The highest BCUT2D eigenvalue weighted by atomic mass is 16.5. The van der Waals surface area contributed by atoms with Crippen LogP contribution in [0.15, 0.2) is 24.4 Å². The van der Waals surface area contributed by atoms with Gasteiger partial charge in [0.2, 0.25) is 0 Å². The van der Waals surface area contributed by atoms with Gasteiger partial charge >= 0.3 is 0 Å². The number of ether oxygens (including phenoxy) is 1. The molecule has 3 heteroatoms. The molecule has 1 rings (SSSR count). The first-order valence-electron chi connectivity index (χ1n) is 7.07. The quantitative estimate of drug-likeness (QED) is 0.683. The third-order valence-electron chi connectivity index (χ3n) is 3.13. The van der Waals surface area contributed by atoms with Crippen molar-refractivity contribution in [1.82, 2.24) is 4.98 Å². The average molecular weight is 250 g/mol. The Morgan fingerprint density at radius 2 is 2.06 bits per heavy atom. The average Bonchev–Trinajstić information content (AvgIpc) is 2.43. The first kappa shape index (κ1) is 15.1. The number of pyridine rings is 1. The minimum atomic E-state index is -0.0715. The van der Waals surface area contributed by atoms with E-state index in [1.807, 2.05) is 18.2 Å². The van der Waals surface area contributed by atoms with Crippen molar-refractivity contribution in [2.24, 2.45) is 5.73 Å². The van der Waals surface area contributed by atoms with Gasteiger partial charge in [0.15, 0.2) is 0 Å². The Morgan fingerprint density at radius 3 is 2.67 bits per heavy atom. The van der Waals surface area contributed by atoms with Crippen molar-refractivity contribution >= 4 is 0 Å². The first-order valence-corrected chi connectivity index (χ1v) is 7.07. The maximum atomic E-state index is 6.13. The summed E-state index contributed by atoms with van der Waals surface area (Å²) in [6.45, 7) is 5.07. The summed E-state index contributed by atoms with van der Waals surface area (Å²) in [6, 6.07) is 5.91. The normalized spacial score (nSPS) is 14.4. The van der Waals surface area contributed by atoms with Gasteiger partial charge in [0.1, 0.15) is 6.10 Å². The topological polar surface area (TPSA) is 48.1 Å². The Labute approximate surface area is 111 Å². The van der Waals surface area contributed by atoms with Crippen LogP contribution in [-0.2, 0) is 4.74 Å². The standard InChI is InChI=1S/C15H26N2O/c1-3-5-6-9-12-18-15(13(16)4-2)14-10-7-8-11-17-14/h7-8,10-11,13,15H,3-6,9,12,16H2,1-2H3. The summed E-state index contributed by atoms with van der Waals surface area (Å²) in [4.78, 5) is 4.36. The number of rotatable bonds is 9. The molecule has 0 aromatic carbocycles. The summed E-state index contributed by atoms with van der Waals surface area (Å²) >= 11 is 0. The molecule has 0 aliphatic carbocycles. The third kappa shape index (κ3) is 5.15. The monoisotopic (exact) mass is 250 g/mol. The van der Waals surface area contributed by atoms with E-state index in [1.54, 1.807) is 6.20 Å². The highest BCUT2D eigenvalue weighted by Gasteiger charge is 2.19. The molecule has 0 amide bonds. The highest BCUT2D eigenvalue weighted by Crippen LogP contribution is 2.20. The maximum Gasteiger partial charge on any atom is 0.114 e. The molecule has 0 saturated carbocycles. The van der Waals surface area contributed by atoms with E-state index in [4.69, 9.17) is 10.5 Å². The molecule has 2 atom stereocenters. The smallest absolute Gasteiger partial charge is 0.114 e. The number of unbranched alkanes of at least 4 members (excludes halogenated alkanes) is 3. The van der Waals surface area contributed by atoms with E-state index in [9.17, 15) is 0 Å². The van der Waals surface area contributed by atoms with Crippen molar-refractivity contribution in [3.8, 4) is 0 Å². The highest BCUT2D eigenvalue weighted by molar-refractivity contribution is 5.09. The fraction of sp³-hybridized carbons (Fsp3) is 0.667. The lowest BCUT2D eigenvalue weighted by atomic mass is 10.1. The predicted molar refractivity (Wildman–Crippen MR) is 75.3 cm³/mol. The van der Waals surface area contributed by atoms with Gasteiger partial charge in [-0.2, -0.15) is 0 Å². The van der Waals surface area contributed by atoms with E-state index in [0.717, 1.165) is 25.1 Å². The van der Waals surface area contributed by atoms with Crippen LogP contribution in [0.1, 0.15) is 57.7 Å². The van der Waals surface area contributed by atoms with Crippen LogP contribution in [0, 0.1) is 0 Å². The number of aromatic nitrogens is 1. The summed E-state index contributed by atoms with van der Waals surface area (Å²) in [5.41, 5.74) is 7.07. The molecule has 0 bridgehead atoms. The SMILES string of the molecule is CCCCCCOC(c1ccccn1)C(N)CC. The van der Waals surface area contributed by atoms with Crippen LogP contribution in [0.2, 0.25) is 0 Å². The second kappa shape index (κ2) is 9.06.